The lowest BCUT2D eigenvalue weighted by atomic mass is 10.3. The maximum atomic E-state index is 13.0. The van der Waals surface area contributed by atoms with Gasteiger partial charge in [-0.1, -0.05) is 6.07 Å². The largest absolute Gasteiger partial charge is 0.335 e. The summed E-state index contributed by atoms with van der Waals surface area (Å²) in [4.78, 5) is 27.9. The lowest BCUT2D eigenvalue weighted by Crippen LogP contribution is -2.27. The molecule has 0 aliphatic rings. The van der Waals surface area contributed by atoms with Crippen LogP contribution >= 0.6 is 34.0 Å². The van der Waals surface area contributed by atoms with Gasteiger partial charge in [0.2, 0.25) is 0 Å². The number of carbonyl (C=O) groups is 1. The first-order chi connectivity index (χ1) is 12.4. The number of hydrogen-bond acceptors (Lipinski definition) is 6. The minimum absolute atomic E-state index is 0.00380. The molecule has 0 fully saturated rings. The third kappa shape index (κ3) is 2.98. The van der Waals surface area contributed by atoms with E-state index in [0.717, 1.165) is 31.9 Å². The molecule has 4 aromatic rings. The van der Waals surface area contributed by atoms with Crippen LogP contribution < -0.4 is 0 Å². The van der Waals surface area contributed by atoms with E-state index in [2.05, 4.69) is 27.5 Å². The zero-order chi connectivity index (χ0) is 18.4. The summed E-state index contributed by atoms with van der Waals surface area (Å²) in [6.45, 7) is 6.49. The molecule has 0 unspecified atom stereocenters. The Kier molecular flexibility index (Phi) is 4.42. The van der Waals surface area contributed by atoms with E-state index in [-0.39, 0.29) is 5.91 Å². The molecule has 0 saturated carbocycles. The Hall–Kier alpha value is -2.03. The van der Waals surface area contributed by atoms with Gasteiger partial charge >= 0.3 is 0 Å². The van der Waals surface area contributed by atoms with E-state index in [9.17, 15) is 4.79 Å². The molecule has 26 heavy (non-hydrogen) atoms. The zero-order valence-corrected chi connectivity index (χ0v) is 17.4. The van der Waals surface area contributed by atoms with Gasteiger partial charge < -0.3 is 4.90 Å². The number of nitrogens with zero attached hydrogens (tertiary/aromatic N) is 4. The number of aryl methyl sites for hydroxylation is 3. The smallest absolute Gasteiger partial charge is 0.265 e. The van der Waals surface area contributed by atoms with Crippen LogP contribution in [-0.2, 0) is 6.54 Å². The molecule has 0 saturated heterocycles. The van der Waals surface area contributed by atoms with Crippen molar-refractivity contribution < 1.29 is 4.79 Å². The van der Waals surface area contributed by atoms with Gasteiger partial charge in [0.15, 0.2) is 4.96 Å². The number of thiophene rings is 1. The maximum absolute atomic E-state index is 13.0. The van der Waals surface area contributed by atoms with Gasteiger partial charge in [-0.25, -0.2) is 9.97 Å². The van der Waals surface area contributed by atoms with Gasteiger partial charge in [0.25, 0.3) is 5.91 Å². The quantitative estimate of drug-likeness (QED) is 0.494. The molecule has 0 N–H and O–H groups in total. The van der Waals surface area contributed by atoms with Crippen LogP contribution in [0.15, 0.2) is 23.7 Å². The van der Waals surface area contributed by atoms with Gasteiger partial charge in [-0.3, -0.25) is 9.20 Å². The second-order valence-electron chi connectivity index (χ2n) is 6.21. The number of aromatic nitrogens is 3. The van der Waals surface area contributed by atoms with Crippen molar-refractivity contribution in [2.45, 2.75) is 27.3 Å². The van der Waals surface area contributed by atoms with Crippen LogP contribution in [-0.4, -0.2) is 32.2 Å². The Morgan fingerprint density at radius 1 is 1.19 bits per heavy atom. The third-order valence-corrected chi connectivity index (χ3v) is 7.28. The molecule has 4 rings (SSSR count). The fourth-order valence-electron chi connectivity index (χ4n) is 2.87. The Bertz CT molecular complexity index is 1090. The first-order valence-electron chi connectivity index (χ1n) is 8.14. The van der Waals surface area contributed by atoms with Crippen molar-refractivity contribution in [3.63, 3.8) is 0 Å². The van der Waals surface area contributed by atoms with Crippen LogP contribution in [0.3, 0.4) is 0 Å². The molecule has 5 nitrogen and oxygen atoms in total. The highest BCUT2D eigenvalue weighted by molar-refractivity contribution is 7.22. The average Bonchev–Trinajstić information content (AvgIpc) is 3.34. The van der Waals surface area contributed by atoms with Gasteiger partial charge in [0.05, 0.1) is 28.5 Å². The van der Waals surface area contributed by atoms with Gasteiger partial charge in [-0.2, -0.15) is 0 Å². The summed E-state index contributed by atoms with van der Waals surface area (Å²) >= 11 is 4.77. The molecule has 8 heteroatoms. The molecule has 0 atom stereocenters. The summed E-state index contributed by atoms with van der Waals surface area (Å²) in [5.41, 5.74) is 2.81. The molecule has 0 spiro atoms. The number of amides is 1. The molecule has 0 aromatic carbocycles. The molecule has 4 heterocycles. The third-order valence-electron chi connectivity index (χ3n) is 4.20. The van der Waals surface area contributed by atoms with Crippen molar-refractivity contribution in [1.29, 1.82) is 0 Å². The molecular weight excluding hydrogens is 384 g/mol. The molecule has 0 radical (unpaired) electrons. The number of carbonyl (C=O) groups excluding carboxylic acids is 1. The first-order valence-corrected chi connectivity index (χ1v) is 10.7. The number of fused-ring (bicyclic) bond motifs is 1. The summed E-state index contributed by atoms with van der Waals surface area (Å²) in [5.74, 6) is 0.00380. The molecule has 0 bridgehead atoms. The summed E-state index contributed by atoms with van der Waals surface area (Å²) in [6.07, 6.45) is 2.08. The van der Waals surface area contributed by atoms with Crippen LogP contribution in [0.5, 0.6) is 0 Å². The van der Waals surface area contributed by atoms with Gasteiger partial charge in [-0.15, -0.1) is 34.0 Å². The van der Waals surface area contributed by atoms with E-state index < -0.39 is 0 Å². The fourth-order valence-corrected chi connectivity index (χ4v) is 5.62. The molecular formula is C18H18N4OS3. The molecule has 4 aromatic heterocycles. The van der Waals surface area contributed by atoms with E-state index in [1.807, 2.05) is 38.4 Å². The van der Waals surface area contributed by atoms with Crippen molar-refractivity contribution in [3.05, 3.63) is 50.5 Å². The molecule has 0 aliphatic heterocycles. The molecule has 134 valence electrons. The van der Waals surface area contributed by atoms with Crippen molar-refractivity contribution >= 4 is 44.9 Å². The van der Waals surface area contributed by atoms with E-state index in [0.29, 0.717) is 11.4 Å². The highest BCUT2D eigenvalue weighted by Crippen LogP contribution is 2.32. The van der Waals surface area contributed by atoms with Crippen molar-refractivity contribution in [2.75, 3.05) is 7.05 Å². The lowest BCUT2D eigenvalue weighted by Gasteiger charge is -2.16. The number of rotatable bonds is 4. The first kappa shape index (κ1) is 17.4. The van der Waals surface area contributed by atoms with E-state index in [1.165, 1.54) is 16.2 Å². The van der Waals surface area contributed by atoms with Gasteiger partial charge in [0.1, 0.15) is 9.88 Å². The van der Waals surface area contributed by atoms with Crippen molar-refractivity contribution in [1.82, 2.24) is 19.3 Å². The van der Waals surface area contributed by atoms with E-state index in [4.69, 9.17) is 0 Å². The second-order valence-corrected chi connectivity index (χ2v) is 9.37. The fraction of sp³-hybridized carbons (Fsp3) is 0.278. The Labute approximate surface area is 163 Å². The van der Waals surface area contributed by atoms with Crippen molar-refractivity contribution in [2.24, 2.45) is 0 Å². The van der Waals surface area contributed by atoms with Gasteiger partial charge in [-0.05, 0) is 32.2 Å². The highest BCUT2D eigenvalue weighted by atomic mass is 32.1. The van der Waals surface area contributed by atoms with Crippen LogP contribution in [0.1, 0.15) is 31.6 Å². The Morgan fingerprint density at radius 3 is 2.73 bits per heavy atom. The van der Waals surface area contributed by atoms with Gasteiger partial charge in [0, 0.05) is 18.1 Å². The SMILES string of the molecule is Cc1cn2c(CN(C)C(=O)c3sc(-c4cccs4)nc3C)c(C)nc2s1. The predicted octanol–water partition coefficient (Wildman–Crippen LogP) is 4.78. The van der Waals surface area contributed by atoms with E-state index >= 15 is 0 Å². The molecule has 1 amide bonds. The minimum Gasteiger partial charge on any atom is -0.335 e. The number of hydrogen-bond donors (Lipinski definition) is 0. The second kappa shape index (κ2) is 6.61. The highest BCUT2D eigenvalue weighted by Gasteiger charge is 2.22. The minimum atomic E-state index is 0.00380. The summed E-state index contributed by atoms with van der Waals surface area (Å²) in [5, 5.41) is 2.93. The standard InChI is InChI=1S/C18H18N4OS3/c1-10-8-22-13(11(2)20-18(22)25-10)9-21(4)17(23)15-12(3)19-16(26-15)14-6-5-7-24-14/h5-8H,9H2,1-4H3. The summed E-state index contributed by atoms with van der Waals surface area (Å²) in [6, 6.07) is 4.03. The summed E-state index contributed by atoms with van der Waals surface area (Å²) in [7, 11) is 1.84. The van der Waals surface area contributed by atoms with Crippen LogP contribution in [0, 0.1) is 20.8 Å². The number of thiazole rings is 2. The molecule has 0 aliphatic carbocycles. The van der Waals surface area contributed by atoms with Crippen LogP contribution in [0.2, 0.25) is 0 Å². The normalized spacial score (nSPS) is 11.4. The lowest BCUT2D eigenvalue weighted by molar-refractivity contribution is 0.0787. The van der Waals surface area contributed by atoms with Crippen LogP contribution in [0.25, 0.3) is 14.8 Å². The zero-order valence-electron chi connectivity index (χ0n) is 14.9. The van der Waals surface area contributed by atoms with E-state index in [1.54, 1.807) is 27.6 Å². The number of imidazole rings is 1. The Morgan fingerprint density at radius 2 is 2.00 bits per heavy atom. The average molecular weight is 403 g/mol. The van der Waals surface area contributed by atoms with Crippen LogP contribution in [0.4, 0.5) is 0 Å². The van der Waals surface area contributed by atoms with Crippen molar-refractivity contribution in [3.8, 4) is 9.88 Å². The summed E-state index contributed by atoms with van der Waals surface area (Å²) < 4.78 is 2.09. The maximum Gasteiger partial charge on any atom is 0.265 e. The predicted molar refractivity (Wildman–Crippen MR) is 109 cm³/mol. The monoisotopic (exact) mass is 402 g/mol. The topological polar surface area (TPSA) is 50.5 Å². The Balaban J connectivity index is 1.61.